The van der Waals surface area contributed by atoms with E-state index in [0.29, 0.717) is 31.3 Å². The maximum Gasteiger partial charge on any atom is 0.407 e. The molecule has 4 aromatic heterocycles. The summed E-state index contributed by atoms with van der Waals surface area (Å²) in [5.74, 6) is -1.52. The highest BCUT2D eigenvalue weighted by molar-refractivity contribution is 5.95. The normalized spacial score (nSPS) is 16.2. The molecule has 1 aliphatic rings. The number of pyridine rings is 2. The van der Waals surface area contributed by atoms with Crippen LogP contribution < -0.4 is 27.2 Å². The molecule has 0 radical (unpaired) electrons. The van der Waals surface area contributed by atoms with E-state index < -0.39 is 40.7 Å². The van der Waals surface area contributed by atoms with Crippen LogP contribution >= 0.6 is 0 Å². The monoisotopic (exact) mass is 684 g/mol. The van der Waals surface area contributed by atoms with Crippen molar-refractivity contribution in [2.24, 2.45) is 0 Å². The Morgan fingerprint density at radius 1 is 0.960 bits per heavy atom. The molecule has 0 saturated heterocycles. The summed E-state index contributed by atoms with van der Waals surface area (Å²) in [7, 11) is 0. The molecule has 14 nitrogen and oxygen atoms in total. The Balaban J connectivity index is 1.20. The van der Waals surface area contributed by atoms with Gasteiger partial charge in [-0.15, -0.1) is 0 Å². The molecule has 50 heavy (non-hydrogen) atoms. The van der Waals surface area contributed by atoms with E-state index in [1.807, 2.05) is 12.1 Å². The number of ether oxygens (including phenoxy) is 1. The highest BCUT2D eigenvalue weighted by Gasteiger charge is 2.29. The average molecular weight is 685 g/mol. The van der Waals surface area contributed by atoms with Crippen LogP contribution in [0.5, 0.6) is 0 Å². The lowest BCUT2D eigenvalue weighted by Crippen LogP contribution is -2.45. The van der Waals surface area contributed by atoms with Gasteiger partial charge in [-0.1, -0.05) is 12.1 Å². The van der Waals surface area contributed by atoms with E-state index in [-0.39, 0.29) is 53.0 Å². The van der Waals surface area contributed by atoms with Crippen LogP contribution in [0.3, 0.4) is 0 Å². The summed E-state index contributed by atoms with van der Waals surface area (Å²) in [5, 5.41) is 8.20. The van der Waals surface area contributed by atoms with Gasteiger partial charge in [-0.05, 0) is 82.9 Å². The summed E-state index contributed by atoms with van der Waals surface area (Å²) < 4.78 is 23.7. The first-order valence-electron chi connectivity index (χ1n) is 16.3. The first-order chi connectivity index (χ1) is 23.9. The molecule has 3 N–H and O–H groups in total. The van der Waals surface area contributed by atoms with Crippen LogP contribution in [0.15, 0.2) is 76.7 Å². The molecule has 1 aromatic carbocycles. The topological polar surface area (TPSA) is 171 Å². The summed E-state index contributed by atoms with van der Waals surface area (Å²) in [6.45, 7) is 5.46. The Morgan fingerprint density at radius 3 is 2.46 bits per heavy atom. The van der Waals surface area contributed by atoms with Crippen LogP contribution in [0.1, 0.15) is 73.3 Å². The fraction of sp³-hybridized carbons (Fsp3) is 0.343. The number of carbonyl (C=O) groups excluding carboxylic acids is 3. The van der Waals surface area contributed by atoms with E-state index in [9.17, 15) is 28.4 Å². The smallest absolute Gasteiger partial charge is 0.407 e. The number of imidazole rings is 1. The minimum Gasteiger partial charge on any atom is -0.444 e. The molecule has 0 unspecified atom stereocenters. The SMILES string of the molecule is CC(C)(C)OC(=O)NCCNC(=O)c1cccc(-n2c(=O)n(C3CCC(NC(=O)c4cn5ccccc5n4)CC3)c(=O)c3cc(F)cnc32)c1. The maximum absolute atomic E-state index is 14.4. The summed E-state index contributed by atoms with van der Waals surface area (Å²) in [6, 6.07) is 12.0. The third-order valence-corrected chi connectivity index (χ3v) is 8.33. The van der Waals surface area contributed by atoms with Gasteiger partial charge in [-0.25, -0.2) is 28.5 Å². The van der Waals surface area contributed by atoms with Crippen LogP contribution in [-0.4, -0.2) is 66.1 Å². The molecule has 0 bridgehead atoms. The van der Waals surface area contributed by atoms with Crippen LogP contribution in [0.4, 0.5) is 9.18 Å². The first kappa shape index (κ1) is 34.0. The summed E-state index contributed by atoms with van der Waals surface area (Å²) in [6.07, 6.45) is 5.57. The molecule has 260 valence electrons. The second kappa shape index (κ2) is 13.9. The molecular weight excluding hydrogens is 647 g/mol. The van der Waals surface area contributed by atoms with Crippen molar-refractivity contribution >= 4 is 34.6 Å². The van der Waals surface area contributed by atoms with Crippen molar-refractivity contribution < 1.29 is 23.5 Å². The highest BCUT2D eigenvalue weighted by Crippen LogP contribution is 2.28. The number of amides is 3. The Hall–Kier alpha value is -5.86. The number of halogens is 1. The molecular formula is C35H37FN8O6. The van der Waals surface area contributed by atoms with E-state index in [4.69, 9.17) is 4.74 Å². The predicted molar refractivity (Wildman–Crippen MR) is 182 cm³/mol. The van der Waals surface area contributed by atoms with Crippen molar-refractivity contribution in [1.82, 2.24) is 39.5 Å². The minimum absolute atomic E-state index is 0.0508. The minimum atomic E-state index is -0.738. The number of nitrogens with zero attached hydrogens (tertiary/aromatic N) is 5. The second-order valence-corrected chi connectivity index (χ2v) is 13.1. The predicted octanol–water partition coefficient (Wildman–Crippen LogP) is 3.50. The third-order valence-electron chi connectivity index (χ3n) is 8.33. The number of aromatic nitrogens is 5. The zero-order valence-electron chi connectivity index (χ0n) is 27.8. The van der Waals surface area contributed by atoms with Crippen molar-refractivity contribution in [2.75, 3.05) is 13.1 Å². The number of nitrogens with one attached hydrogen (secondary N) is 3. The number of alkyl carbamates (subject to hydrolysis) is 1. The van der Waals surface area contributed by atoms with Crippen LogP contribution in [0.2, 0.25) is 0 Å². The molecule has 1 aliphatic carbocycles. The molecule has 0 atom stereocenters. The molecule has 4 heterocycles. The van der Waals surface area contributed by atoms with Gasteiger partial charge < -0.3 is 25.1 Å². The van der Waals surface area contributed by atoms with Gasteiger partial charge in [-0.2, -0.15) is 0 Å². The molecule has 1 saturated carbocycles. The molecule has 3 amide bonds. The zero-order valence-corrected chi connectivity index (χ0v) is 27.8. The quantitative estimate of drug-likeness (QED) is 0.209. The summed E-state index contributed by atoms with van der Waals surface area (Å²) in [4.78, 5) is 74.2. The number of benzene rings is 1. The van der Waals surface area contributed by atoms with E-state index in [1.54, 1.807) is 61.8 Å². The van der Waals surface area contributed by atoms with Gasteiger partial charge in [0, 0.05) is 43.1 Å². The highest BCUT2D eigenvalue weighted by atomic mass is 19.1. The largest absolute Gasteiger partial charge is 0.444 e. The maximum atomic E-state index is 14.4. The van der Waals surface area contributed by atoms with Gasteiger partial charge >= 0.3 is 11.8 Å². The molecule has 0 spiro atoms. The molecule has 5 aromatic rings. The summed E-state index contributed by atoms with van der Waals surface area (Å²) >= 11 is 0. The lowest BCUT2D eigenvalue weighted by atomic mass is 9.90. The average Bonchev–Trinajstić information content (AvgIpc) is 3.52. The molecule has 0 aliphatic heterocycles. The lowest BCUT2D eigenvalue weighted by Gasteiger charge is -2.30. The Morgan fingerprint density at radius 2 is 1.72 bits per heavy atom. The van der Waals surface area contributed by atoms with Crippen molar-refractivity contribution in [3.63, 3.8) is 0 Å². The van der Waals surface area contributed by atoms with Crippen molar-refractivity contribution in [2.45, 2.75) is 64.1 Å². The van der Waals surface area contributed by atoms with Gasteiger partial charge in [0.15, 0.2) is 5.65 Å². The van der Waals surface area contributed by atoms with Gasteiger partial charge in [0.05, 0.1) is 17.3 Å². The second-order valence-electron chi connectivity index (χ2n) is 13.1. The molecule has 15 heteroatoms. The number of fused-ring (bicyclic) bond motifs is 2. The first-order valence-corrected chi connectivity index (χ1v) is 16.3. The number of carbonyl (C=O) groups is 3. The van der Waals surface area contributed by atoms with Gasteiger partial charge in [0.2, 0.25) is 0 Å². The lowest BCUT2D eigenvalue weighted by molar-refractivity contribution is 0.0526. The zero-order chi connectivity index (χ0) is 35.6. The Labute approximate surface area is 285 Å². The van der Waals surface area contributed by atoms with Gasteiger partial charge in [0.25, 0.3) is 17.4 Å². The Kier molecular flexibility index (Phi) is 9.48. The van der Waals surface area contributed by atoms with E-state index in [2.05, 4.69) is 25.9 Å². The van der Waals surface area contributed by atoms with E-state index >= 15 is 0 Å². The van der Waals surface area contributed by atoms with Gasteiger partial charge in [-0.3, -0.25) is 19.0 Å². The fourth-order valence-electron chi connectivity index (χ4n) is 6.06. The van der Waals surface area contributed by atoms with E-state index in [1.165, 1.54) is 10.6 Å². The van der Waals surface area contributed by atoms with Crippen molar-refractivity contribution in [3.8, 4) is 5.69 Å². The summed E-state index contributed by atoms with van der Waals surface area (Å²) in [5.41, 5.74) is -0.664. The van der Waals surface area contributed by atoms with Gasteiger partial charge in [0.1, 0.15) is 22.8 Å². The standard InChI is InChI=1S/C35H37FN8O6/c1-35(2,3)50-33(48)38-15-14-37-30(45)21-7-6-8-25(17-21)43-29-26(18-22(36)19-39-29)32(47)44(34(43)49)24-12-10-23(11-13-24)40-31(46)27-20-42-16-5-4-9-28(42)41-27/h4-9,16-20,23-24H,10-15H2,1-3H3,(H,37,45)(H,38,48)(H,40,46). The molecule has 1 fully saturated rings. The van der Waals surface area contributed by atoms with Crippen molar-refractivity contribution in [1.29, 1.82) is 0 Å². The van der Waals surface area contributed by atoms with Crippen LogP contribution in [0.25, 0.3) is 22.4 Å². The van der Waals surface area contributed by atoms with Crippen LogP contribution in [0, 0.1) is 5.82 Å². The number of hydrogen-bond acceptors (Lipinski definition) is 8. The molecule has 6 rings (SSSR count). The van der Waals surface area contributed by atoms with E-state index in [0.717, 1.165) is 16.8 Å². The fourth-order valence-corrected chi connectivity index (χ4v) is 6.06. The number of hydrogen-bond donors (Lipinski definition) is 3. The third kappa shape index (κ3) is 7.41. The Bertz CT molecular complexity index is 2180. The van der Waals surface area contributed by atoms with Crippen LogP contribution in [-0.2, 0) is 4.74 Å². The van der Waals surface area contributed by atoms with Crippen molar-refractivity contribution in [3.05, 3.63) is 105 Å². The number of rotatable bonds is 8.